The number of hydrogen-bond acceptors (Lipinski definition) is 3. The standard InChI is InChI=1S/C9H14N4O/c1-7-5-10-6-9(14)13(7)8-3-4-12(2)11-8/h3-4,7,10H,5-6H2,1-2H3/t7-/m0/s1. The number of piperazine rings is 1. The van der Waals surface area contributed by atoms with E-state index >= 15 is 0 Å². The van der Waals surface area contributed by atoms with Crippen molar-refractivity contribution in [2.75, 3.05) is 18.0 Å². The lowest BCUT2D eigenvalue weighted by atomic mass is 10.2. The highest BCUT2D eigenvalue weighted by molar-refractivity contribution is 5.95. The molecule has 0 bridgehead atoms. The average Bonchev–Trinajstić information content (AvgIpc) is 2.51. The lowest BCUT2D eigenvalue weighted by Crippen LogP contribution is -2.54. The molecule has 76 valence electrons. The van der Waals surface area contributed by atoms with E-state index in [2.05, 4.69) is 10.4 Å². The molecule has 2 heterocycles. The zero-order chi connectivity index (χ0) is 10.1. The van der Waals surface area contributed by atoms with E-state index in [-0.39, 0.29) is 11.9 Å². The summed E-state index contributed by atoms with van der Waals surface area (Å²) >= 11 is 0. The number of hydrogen-bond donors (Lipinski definition) is 1. The maximum Gasteiger partial charge on any atom is 0.242 e. The van der Waals surface area contributed by atoms with Gasteiger partial charge < -0.3 is 5.32 Å². The van der Waals surface area contributed by atoms with Crippen molar-refractivity contribution in [3.05, 3.63) is 12.3 Å². The van der Waals surface area contributed by atoms with Crippen molar-refractivity contribution < 1.29 is 4.79 Å². The number of aryl methyl sites for hydroxylation is 1. The fourth-order valence-corrected chi connectivity index (χ4v) is 1.70. The van der Waals surface area contributed by atoms with Crippen molar-refractivity contribution in [3.8, 4) is 0 Å². The van der Waals surface area contributed by atoms with Crippen LogP contribution in [0.5, 0.6) is 0 Å². The van der Waals surface area contributed by atoms with Crippen molar-refractivity contribution in [2.45, 2.75) is 13.0 Å². The fourth-order valence-electron chi connectivity index (χ4n) is 1.70. The quantitative estimate of drug-likeness (QED) is 0.670. The first-order valence-electron chi connectivity index (χ1n) is 4.71. The van der Waals surface area contributed by atoms with Gasteiger partial charge in [0.1, 0.15) is 0 Å². The molecule has 0 aromatic carbocycles. The van der Waals surface area contributed by atoms with E-state index in [0.717, 1.165) is 12.4 Å². The molecule has 1 fully saturated rings. The third kappa shape index (κ3) is 1.50. The molecule has 1 amide bonds. The Morgan fingerprint density at radius 2 is 2.43 bits per heavy atom. The molecule has 0 aliphatic carbocycles. The Bertz CT molecular complexity index is 346. The number of anilines is 1. The van der Waals surface area contributed by atoms with Crippen LogP contribution in [-0.4, -0.2) is 34.8 Å². The number of carbonyl (C=O) groups is 1. The molecule has 1 aromatic heterocycles. The summed E-state index contributed by atoms with van der Waals surface area (Å²) in [6, 6.07) is 2.03. The first-order valence-corrected chi connectivity index (χ1v) is 4.71. The van der Waals surface area contributed by atoms with Gasteiger partial charge in [-0.2, -0.15) is 5.10 Å². The fraction of sp³-hybridized carbons (Fsp3) is 0.556. The van der Waals surface area contributed by atoms with Crippen LogP contribution in [0, 0.1) is 0 Å². The molecule has 5 nitrogen and oxygen atoms in total. The minimum atomic E-state index is 0.0856. The zero-order valence-corrected chi connectivity index (χ0v) is 8.40. The maximum absolute atomic E-state index is 11.6. The van der Waals surface area contributed by atoms with Crippen LogP contribution in [0.25, 0.3) is 0 Å². The predicted octanol–water partition coefficient (Wildman–Crippen LogP) is -0.255. The highest BCUT2D eigenvalue weighted by Gasteiger charge is 2.27. The molecule has 1 atom stereocenters. The van der Waals surface area contributed by atoms with Crippen LogP contribution in [0.3, 0.4) is 0 Å². The van der Waals surface area contributed by atoms with Gasteiger partial charge >= 0.3 is 0 Å². The maximum atomic E-state index is 11.6. The molecule has 1 aliphatic rings. The summed E-state index contributed by atoms with van der Waals surface area (Å²) in [5.41, 5.74) is 0. The van der Waals surface area contributed by atoms with Gasteiger partial charge in [-0.1, -0.05) is 0 Å². The van der Waals surface area contributed by atoms with Crippen LogP contribution >= 0.6 is 0 Å². The zero-order valence-electron chi connectivity index (χ0n) is 8.40. The number of nitrogens with one attached hydrogen (secondary N) is 1. The monoisotopic (exact) mass is 194 g/mol. The molecule has 0 spiro atoms. The molecule has 5 heteroatoms. The van der Waals surface area contributed by atoms with Gasteiger partial charge in [-0.25, -0.2) is 0 Å². The van der Waals surface area contributed by atoms with Crippen molar-refractivity contribution in [1.29, 1.82) is 0 Å². The number of carbonyl (C=O) groups excluding carboxylic acids is 1. The van der Waals surface area contributed by atoms with E-state index in [9.17, 15) is 4.79 Å². The molecular formula is C9H14N4O. The Hall–Kier alpha value is -1.36. The van der Waals surface area contributed by atoms with E-state index in [4.69, 9.17) is 0 Å². The largest absolute Gasteiger partial charge is 0.306 e. The number of amides is 1. The van der Waals surface area contributed by atoms with Crippen molar-refractivity contribution in [3.63, 3.8) is 0 Å². The summed E-state index contributed by atoms with van der Waals surface area (Å²) in [5, 5.41) is 7.29. The molecule has 1 aliphatic heterocycles. The Balaban J connectivity index is 2.26. The lowest BCUT2D eigenvalue weighted by molar-refractivity contribution is -0.119. The Labute approximate surface area is 82.7 Å². The Morgan fingerprint density at radius 1 is 1.64 bits per heavy atom. The first-order chi connectivity index (χ1) is 6.68. The first kappa shape index (κ1) is 9.21. The Kier molecular flexibility index (Phi) is 2.25. The van der Waals surface area contributed by atoms with E-state index < -0.39 is 0 Å². The van der Waals surface area contributed by atoms with Crippen LogP contribution in [0.4, 0.5) is 5.82 Å². The third-order valence-electron chi connectivity index (χ3n) is 2.37. The highest BCUT2D eigenvalue weighted by Crippen LogP contribution is 2.15. The second-order valence-electron chi connectivity index (χ2n) is 3.59. The Morgan fingerprint density at radius 3 is 3.00 bits per heavy atom. The van der Waals surface area contributed by atoms with Crippen LogP contribution in [0.1, 0.15) is 6.92 Å². The number of nitrogens with zero attached hydrogens (tertiary/aromatic N) is 3. The summed E-state index contributed by atoms with van der Waals surface area (Å²) in [6.07, 6.45) is 1.84. The summed E-state index contributed by atoms with van der Waals surface area (Å²) in [4.78, 5) is 13.4. The van der Waals surface area contributed by atoms with Crippen LogP contribution < -0.4 is 10.2 Å². The molecule has 0 radical (unpaired) electrons. The summed E-state index contributed by atoms with van der Waals surface area (Å²) < 4.78 is 1.71. The molecular weight excluding hydrogens is 180 g/mol. The second-order valence-corrected chi connectivity index (χ2v) is 3.59. The van der Waals surface area contributed by atoms with Crippen LogP contribution in [0.15, 0.2) is 12.3 Å². The highest BCUT2D eigenvalue weighted by atomic mass is 16.2. The topological polar surface area (TPSA) is 50.2 Å². The van der Waals surface area contributed by atoms with Gasteiger partial charge in [-0.15, -0.1) is 0 Å². The van der Waals surface area contributed by atoms with Crippen molar-refractivity contribution in [2.24, 2.45) is 7.05 Å². The molecule has 2 rings (SSSR count). The SMILES string of the molecule is C[C@H]1CNCC(=O)N1c1ccn(C)n1. The van der Waals surface area contributed by atoms with Gasteiger partial charge in [-0.3, -0.25) is 14.4 Å². The summed E-state index contributed by atoms with van der Waals surface area (Å²) in [7, 11) is 1.85. The van der Waals surface area contributed by atoms with Gasteiger partial charge in [0, 0.05) is 31.9 Å². The number of aromatic nitrogens is 2. The molecule has 1 aromatic rings. The summed E-state index contributed by atoms with van der Waals surface area (Å²) in [5.74, 6) is 0.828. The lowest BCUT2D eigenvalue weighted by Gasteiger charge is -2.31. The smallest absolute Gasteiger partial charge is 0.242 e. The van der Waals surface area contributed by atoms with Crippen molar-refractivity contribution >= 4 is 11.7 Å². The van der Waals surface area contributed by atoms with Gasteiger partial charge in [0.15, 0.2) is 5.82 Å². The van der Waals surface area contributed by atoms with Gasteiger partial charge in [0.2, 0.25) is 5.91 Å². The third-order valence-corrected chi connectivity index (χ3v) is 2.37. The molecule has 1 saturated heterocycles. The summed E-state index contributed by atoms with van der Waals surface area (Å²) in [6.45, 7) is 3.24. The van der Waals surface area contributed by atoms with E-state index in [1.165, 1.54) is 0 Å². The van der Waals surface area contributed by atoms with Gasteiger partial charge in [0.25, 0.3) is 0 Å². The van der Waals surface area contributed by atoms with Gasteiger partial charge in [-0.05, 0) is 6.92 Å². The molecule has 1 N–H and O–H groups in total. The number of rotatable bonds is 1. The van der Waals surface area contributed by atoms with Crippen molar-refractivity contribution in [1.82, 2.24) is 15.1 Å². The predicted molar refractivity (Wildman–Crippen MR) is 53.0 cm³/mol. The van der Waals surface area contributed by atoms with E-state index in [1.54, 1.807) is 9.58 Å². The second kappa shape index (κ2) is 3.42. The van der Waals surface area contributed by atoms with E-state index in [1.807, 2.05) is 26.2 Å². The minimum Gasteiger partial charge on any atom is -0.306 e. The van der Waals surface area contributed by atoms with Crippen LogP contribution in [-0.2, 0) is 11.8 Å². The molecule has 14 heavy (non-hydrogen) atoms. The van der Waals surface area contributed by atoms with Gasteiger partial charge in [0.05, 0.1) is 6.54 Å². The average molecular weight is 194 g/mol. The minimum absolute atomic E-state index is 0.0856. The normalized spacial score (nSPS) is 22.9. The molecule has 0 saturated carbocycles. The molecule has 0 unspecified atom stereocenters. The van der Waals surface area contributed by atoms with Crippen LogP contribution in [0.2, 0.25) is 0 Å². The van der Waals surface area contributed by atoms with E-state index in [0.29, 0.717) is 6.54 Å².